The molecule has 0 aromatic heterocycles. The van der Waals surface area contributed by atoms with Gasteiger partial charge in [0, 0.05) is 6.42 Å². The number of carbonyl (C=O) groups excluding carboxylic acids is 1. The van der Waals surface area contributed by atoms with Crippen molar-refractivity contribution in [3.63, 3.8) is 0 Å². The van der Waals surface area contributed by atoms with Gasteiger partial charge in [-0.3, -0.25) is 4.79 Å². The lowest BCUT2D eigenvalue weighted by atomic mass is 9.96. The Morgan fingerprint density at radius 2 is 1.95 bits per heavy atom. The van der Waals surface area contributed by atoms with Crippen LogP contribution >= 0.6 is 0 Å². The number of carbonyl (C=O) groups is 1. The van der Waals surface area contributed by atoms with E-state index in [4.69, 9.17) is 9.84 Å². The molecular weight excluding hydrogens is 242 g/mol. The molecular formula is C15H23NO3. The molecule has 0 aliphatic heterocycles. The topological polar surface area (TPSA) is 58.6 Å². The monoisotopic (exact) mass is 265 g/mol. The summed E-state index contributed by atoms with van der Waals surface area (Å²) < 4.78 is 5.10. The van der Waals surface area contributed by atoms with Crippen LogP contribution in [0.3, 0.4) is 0 Å². The van der Waals surface area contributed by atoms with E-state index in [2.05, 4.69) is 5.32 Å². The van der Waals surface area contributed by atoms with Gasteiger partial charge >= 0.3 is 0 Å². The number of ether oxygens (including phenoxy) is 1. The Kier molecular flexibility index (Phi) is 5.36. The average molecular weight is 265 g/mol. The molecule has 1 atom stereocenters. The van der Waals surface area contributed by atoms with Crippen LogP contribution in [0.1, 0.15) is 38.7 Å². The summed E-state index contributed by atoms with van der Waals surface area (Å²) in [6.07, 6.45) is 0.399. The summed E-state index contributed by atoms with van der Waals surface area (Å²) in [6, 6.07) is 7.71. The summed E-state index contributed by atoms with van der Waals surface area (Å²) in [5, 5.41) is 11.9. The molecule has 1 rings (SSSR count). The first-order chi connectivity index (χ1) is 8.88. The maximum absolute atomic E-state index is 11.9. The molecule has 19 heavy (non-hydrogen) atoms. The third-order valence-corrected chi connectivity index (χ3v) is 3.05. The van der Waals surface area contributed by atoms with E-state index in [9.17, 15) is 4.79 Å². The zero-order valence-corrected chi connectivity index (χ0v) is 12.1. The predicted octanol–water partition coefficient (Wildman–Crippen LogP) is 2.08. The van der Waals surface area contributed by atoms with Crippen molar-refractivity contribution in [1.82, 2.24) is 5.32 Å². The Morgan fingerprint density at radius 1 is 1.37 bits per heavy atom. The van der Waals surface area contributed by atoms with Gasteiger partial charge in [-0.05, 0) is 37.5 Å². The van der Waals surface area contributed by atoms with Crippen LogP contribution < -0.4 is 10.1 Å². The zero-order chi connectivity index (χ0) is 14.5. The molecule has 0 bridgehead atoms. The highest BCUT2D eigenvalue weighted by molar-refractivity contribution is 5.77. The Balaban J connectivity index is 2.58. The molecule has 1 unspecified atom stereocenters. The Hall–Kier alpha value is -1.55. The lowest BCUT2D eigenvalue weighted by molar-refractivity contribution is -0.123. The summed E-state index contributed by atoms with van der Waals surface area (Å²) in [5.41, 5.74) is 0.522. The number of benzene rings is 1. The molecule has 1 aromatic rings. The van der Waals surface area contributed by atoms with Gasteiger partial charge in [-0.1, -0.05) is 19.1 Å². The smallest absolute Gasteiger partial charge is 0.221 e. The van der Waals surface area contributed by atoms with Crippen molar-refractivity contribution in [3.05, 3.63) is 29.8 Å². The quantitative estimate of drug-likeness (QED) is 0.828. The van der Waals surface area contributed by atoms with E-state index >= 15 is 0 Å². The van der Waals surface area contributed by atoms with Crippen LogP contribution in [0, 0.1) is 0 Å². The van der Waals surface area contributed by atoms with Crippen molar-refractivity contribution in [2.45, 2.75) is 38.6 Å². The molecule has 0 saturated carbocycles. The number of methoxy groups -OCH3 is 1. The minimum absolute atomic E-state index is 0.0534. The molecule has 1 amide bonds. The van der Waals surface area contributed by atoms with Gasteiger partial charge in [0.05, 0.1) is 19.3 Å². The first-order valence-electron chi connectivity index (χ1n) is 6.44. The van der Waals surface area contributed by atoms with E-state index in [1.54, 1.807) is 21.0 Å². The van der Waals surface area contributed by atoms with E-state index in [0.717, 1.165) is 11.3 Å². The fourth-order valence-electron chi connectivity index (χ4n) is 1.80. The number of rotatable bonds is 6. The van der Waals surface area contributed by atoms with Crippen molar-refractivity contribution in [2.24, 2.45) is 0 Å². The van der Waals surface area contributed by atoms with Gasteiger partial charge in [-0.15, -0.1) is 0 Å². The maximum Gasteiger partial charge on any atom is 0.221 e. The third-order valence-electron chi connectivity index (χ3n) is 3.05. The molecule has 0 aliphatic rings. The third kappa shape index (κ3) is 4.91. The minimum Gasteiger partial charge on any atom is -0.497 e. The van der Waals surface area contributed by atoms with Crippen LogP contribution in [-0.4, -0.2) is 30.3 Å². The Bertz CT molecular complexity index is 412. The lowest BCUT2D eigenvalue weighted by Crippen LogP contribution is -2.46. The van der Waals surface area contributed by atoms with Gasteiger partial charge in [0.25, 0.3) is 0 Å². The highest BCUT2D eigenvalue weighted by Gasteiger charge is 2.20. The maximum atomic E-state index is 11.9. The molecule has 0 fully saturated rings. The second-order valence-electron chi connectivity index (χ2n) is 5.47. The Labute approximate surface area is 114 Å². The van der Waals surface area contributed by atoms with Crippen LogP contribution in [0.4, 0.5) is 0 Å². The molecule has 2 N–H and O–H groups in total. The van der Waals surface area contributed by atoms with Gasteiger partial charge in [0.15, 0.2) is 0 Å². The fourth-order valence-corrected chi connectivity index (χ4v) is 1.80. The number of aliphatic hydroxyl groups excluding tert-OH is 1. The first-order valence-corrected chi connectivity index (χ1v) is 6.44. The number of nitrogens with one attached hydrogen (secondary N) is 1. The van der Waals surface area contributed by atoms with Gasteiger partial charge in [-0.2, -0.15) is 0 Å². The van der Waals surface area contributed by atoms with E-state index in [-0.39, 0.29) is 18.4 Å². The van der Waals surface area contributed by atoms with Crippen molar-refractivity contribution in [2.75, 3.05) is 13.7 Å². The molecule has 0 radical (unpaired) electrons. The molecule has 4 nitrogen and oxygen atoms in total. The number of hydrogen-bond donors (Lipinski definition) is 2. The van der Waals surface area contributed by atoms with E-state index in [0.29, 0.717) is 6.42 Å². The highest BCUT2D eigenvalue weighted by Crippen LogP contribution is 2.22. The van der Waals surface area contributed by atoms with Crippen molar-refractivity contribution in [3.8, 4) is 5.75 Å². The van der Waals surface area contributed by atoms with E-state index in [1.165, 1.54) is 0 Å². The minimum atomic E-state index is -0.573. The fraction of sp³-hybridized carbons (Fsp3) is 0.533. The second kappa shape index (κ2) is 6.57. The molecule has 0 spiro atoms. The lowest BCUT2D eigenvalue weighted by Gasteiger charge is -2.24. The zero-order valence-electron chi connectivity index (χ0n) is 12.1. The molecule has 0 aliphatic carbocycles. The summed E-state index contributed by atoms with van der Waals surface area (Å²) in [6.45, 7) is 5.52. The highest BCUT2D eigenvalue weighted by atomic mass is 16.5. The molecule has 1 aromatic carbocycles. The van der Waals surface area contributed by atoms with Crippen LogP contribution in [0.25, 0.3) is 0 Å². The van der Waals surface area contributed by atoms with Crippen LogP contribution in [0.15, 0.2) is 24.3 Å². The predicted molar refractivity (Wildman–Crippen MR) is 75.3 cm³/mol. The first kappa shape index (κ1) is 15.5. The van der Waals surface area contributed by atoms with Gasteiger partial charge in [0.2, 0.25) is 5.91 Å². The van der Waals surface area contributed by atoms with E-state index in [1.807, 2.05) is 31.2 Å². The van der Waals surface area contributed by atoms with Crippen LogP contribution in [0.2, 0.25) is 0 Å². The number of aliphatic hydroxyl groups is 1. The Morgan fingerprint density at radius 3 is 2.42 bits per heavy atom. The number of amides is 1. The van der Waals surface area contributed by atoms with E-state index < -0.39 is 5.54 Å². The molecule has 0 saturated heterocycles. The van der Waals surface area contributed by atoms with Gasteiger partial charge in [-0.25, -0.2) is 0 Å². The van der Waals surface area contributed by atoms with Crippen molar-refractivity contribution in [1.29, 1.82) is 0 Å². The van der Waals surface area contributed by atoms with Crippen molar-refractivity contribution >= 4 is 5.91 Å². The normalized spacial score (nSPS) is 12.9. The molecule has 106 valence electrons. The second-order valence-corrected chi connectivity index (χ2v) is 5.47. The summed E-state index contributed by atoms with van der Waals surface area (Å²) >= 11 is 0. The van der Waals surface area contributed by atoms with Crippen molar-refractivity contribution < 1.29 is 14.6 Å². The SMILES string of the molecule is COc1ccc(C(C)CC(=O)NC(C)(C)CO)cc1. The average Bonchev–Trinajstić information content (AvgIpc) is 2.38. The van der Waals surface area contributed by atoms with Crippen LogP contribution in [0.5, 0.6) is 5.75 Å². The largest absolute Gasteiger partial charge is 0.497 e. The molecule has 4 heteroatoms. The number of hydrogen-bond acceptors (Lipinski definition) is 3. The van der Waals surface area contributed by atoms with Gasteiger partial charge in [0.1, 0.15) is 5.75 Å². The van der Waals surface area contributed by atoms with Crippen LogP contribution in [-0.2, 0) is 4.79 Å². The summed E-state index contributed by atoms with van der Waals surface area (Å²) in [5.74, 6) is 0.879. The summed E-state index contributed by atoms with van der Waals surface area (Å²) in [4.78, 5) is 11.9. The molecule has 0 heterocycles. The summed E-state index contributed by atoms with van der Waals surface area (Å²) in [7, 11) is 1.63. The standard InChI is InChI=1S/C15H23NO3/c1-11(9-14(18)16-15(2,3)10-17)12-5-7-13(19-4)8-6-12/h5-8,11,17H,9-10H2,1-4H3,(H,16,18). The van der Waals surface area contributed by atoms with Gasteiger partial charge < -0.3 is 15.2 Å².